The van der Waals surface area contributed by atoms with Crippen molar-refractivity contribution in [3.63, 3.8) is 0 Å². The quantitative estimate of drug-likeness (QED) is 0.557. The lowest BCUT2D eigenvalue weighted by Crippen LogP contribution is -2.49. The van der Waals surface area contributed by atoms with Gasteiger partial charge in [0, 0.05) is 18.3 Å². The first kappa shape index (κ1) is 22.0. The maximum absolute atomic E-state index is 14.4. The van der Waals surface area contributed by atoms with Gasteiger partial charge >= 0.3 is 0 Å². The van der Waals surface area contributed by atoms with Crippen LogP contribution < -0.4 is 10.6 Å². The summed E-state index contributed by atoms with van der Waals surface area (Å²) in [5, 5.41) is 18.3. The molecule has 2 atom stereocenters. The molecule has 0 spiro atoms. The second kappa shape index (κ2) is 9.56. The Morgan fingerprint density at radius 3 is 2.91 bits per heavy atom. The van der Waals surface area contributed by atoms with Crippen molar-refractivity contribution in [1.29, 1.82) is 0 Å². The van der Waals surface area contributed by atoms with Crippen molar-refractivity contribution in [2.75, 3.05) is 30.3 Å². The van der Waals surface area contributed by atoms with Gasteiger partial charge in [-0.15, -0.1) is 5.10 Å². The summed E-state index contributed by atoms with van der Waals surface area (Å²) in [6.45, 7) is 4.97. The van der Waals surface area contributed by atoms with Crippen LogP contribution in [0, 0.1) is 18.7 Å². The van der Waals surface area contributed by atoms with E-state index in [1.165, 1.54) is 55.9 Å². The molecule has 1 aromatic carbocycles. The van der Waals surface area contributed by atoms with Crippen LogP contribution in [0.5, 0.6) is 0 Å². The van der Waals surface area contributed by atoms with Crippen molar-refractivity contribution in [3.8, 4) is 5.69 Å². The van der Waals surface area contributed by atoms with Crippen molar-refractivity contribution in [2.45, 2.75) is 45.1 Å². The Morgan fingerprint density at radius 1 is 1.18 bits per heavy atom. The van der Waals surface area contributed by atoms with Crippen LogP contribution >= 0.6 is 11.6 Å². The van der Waals surface area contributed by atoms with Gasteiger partial charge in [0.15, 0.2) is 11.6 Å². The fourth-order valence-electron chi connectivity index (χ4n) is 4.93. The highest BCUT2D eigenvalue weighted by Gasteiger charge is 2.32. The molecule has 2 aliphatic rings. The Balaban J connectivity index is 1.30. The third-order valence-electron chi connectivity index (χ3n) is 6.56. The molecule has 33 heavy (non-hydrogen) atoms. The Hall–Kier alpha value is -2.85. The summed E-state index contributed by atoms with van der Waals surface area (Å²) in [6.07, 6.45) is 7.91. The van der Waals surface area contributed by atoms with Crippen LogP contribution in [0.1, 0.15) is 37.9 Å². The molecule has 174 valence electrons. The van der Waals surface area contributed by atoms with Crippen LogP contribution in [0.2, 0.25) is 5.02 Å². The average molecular weight is 472 g/mol. The summed E-state index contributed by atoms with van der Waals surface area (Å²) in [5.41, 5.74) is 0.851. The first-order chi connectivity index (χ1) is 16.1. The number of aromatic nitrogens is 6. The molecule has 4 heterocycles. The van der Waals surface area contributed by atoms with Crippen molar-refractivity contribution >= 4 is 29.1 Å². The number of nitrogens with zero attached hydrogens (tertiary/aromatic N) is 7. The molecule has 0 saturated carbocycles. The molecule has 0 radical (unpaired) electrons. The highest BCUT2D eigenvalue weighted by Crippen LogP contribution is 2.32. The maximum atomic E-state index is 14.4. The number of hydrogen-bond acceptors (Lipinski definition) is 8. The van der Waals surface area contributed by atoms with Crippen LogP contribution in [0.3, 0.4) is 0 Å². The zero-order valence-corrected chi connectivity index (χ0v) is 19.3. The molecule has 3 aromatic rings. The smallest absolute Gasteiger partial charge is 0.229 e. The van der Waals surface area contributed by atoms with Gasteiger partial charge in [0.1, 0.15) is 16.5 Å². The number of tetrazole rings is 1. The monoisotopic (exact) mass is 471 g/mol. The molecule has 0 amide bonds. The van der Waals surface area contributed by atoms with E-state index >= 15 is 0 Å². The minimum Gasteiger partial charge on any atom is -0.368 e. The molecule has 0 aliphatic carbocycles. The predicted molar refractivity (Wildman–Crippen MR) is 125 cm³/mol. The van der Waals surface area contributed by atoms with E-state index in [2.05, 4.69) is 41.0 Å². The second-order valence-electron chi connectivity index (χ2n) is 8.70. The van der Waals surface area contributed by atoms with E-state index in [9.17, 15) is 4.39 Å². The molecule has 2 fully saturated rings. The standard InChI is InChI=1S/C22H27ClFN9/c1-14-29-30-31-33(14)20-11-16(7-8-18(20)24)27-22-26-13-17(23)21(28-22)25-12-15-5-4-10-32-9-3-2-6-19(15)32/h7-8,11,13,15,19H,2-6,9-10,12H2,1H3,(H2,25,26,27,28)/t15-,19+/m0/s1. The van der Waals surface area contributed by atoms with Crippen molar-refractivity contribution in [1.82, 2.24) is 35.1 Å². The summed E-state index contributed by atoms with van der Waals surface area (Å²) in [4.78, 5) is 11.5. The molecular formula is C22H27ClFN9. The molecule has 2 N–H and O–H groups in total. The first-order valence-corrected chi connectivity index (χ1v) is 11.8. The van der Waals surface area contributed by atoms with Crippen LogP contribution in [0.15, 0.2) is 24.4 Å². The summed E-state index contributed by atoms with van der Waals surface area (Å²) < 4.78 is 15.7. The van der Waals surface area contributed by atoms with Gasteiger partial charge in [-0.05, 0) is 80.2 Å². The highest BCUT2D eigenvalue weighted by atomic mass is 35.5. The van der Waals surface area contributed by atoms with E-state index in [1.54, 1.807) is 25.3 Å². The molecule has 11 heteroatoms. The minimum absolute atomic E-state index is 0.240. The predicted octanol–water partition coefficient (Wildman–Crippen LogP) is 3.97. The number of halogens is 2. The van der Waals surface area contributed by atoms with E-state index in [4.69, 9.17) is 11.6 Å². The van der Waals surface area contributed by atoms with E-state index < -0.39 is 5.82 Å². The van der Waals surface area contributed by atoms with E-state index in [-0.39, 0.29) is 5.69 Å². The summed E-state index contributed by atoms with van der Waals surface area (Å²) in [6, 6.07) is 5.23. The normalized spacial score (nSPS) is 20.9. The Kier molecular flexibility index (Phi) is 6.37. The number of rotatable bonds is 6. The maximum Gasteiger partial charge on any atom is 0.229 e. The van der Waals surface area contributed by atoms with Crippen LogP contribution in [-0.2, 0) is 0 Å². The molecule has 0 bridgehead atoms. The van der Waals surface area contributed by atoms with Crippen molar-refractivity contribution in [2.24, 2.45) is 5.92 Å². The molecule has 0 unspecified atom stereocenters. The molecule has 9 nitrogen and oxygen atoms in total. The molecule has 2 aliphatic heterocycles. The average Bonchev–Trinajstić information content (AvgIpc) is 3.26. The van der Waals surface area contributed by atoms with Gasteiger partial charge in [-0.25, -0.2) is 9.37 Å². The topological polar surface area (TPSA) is 96.7 Å². The molecular weight excluding hydrogens is 445 g/mol. The number of hydrogen-bond donors (Lipinski definition) is 2. The van der Waals surface area contributed by atoms with E-state index in [1.807, 2.05) is 0 Å². The lowest BCUT2D eigenvalue weighted by atomic mass is 9.83. The third kappa shape index (κ3) is 4.77. The fourth-order valence-corrected chi connectivity index (χ4v) is 5.09. The highest BCUT2D eigenvalue weighted by molar-refractivity contribution is 6.32. The van der Waals surface area contributed by atoms with Gasteiger partial charge in [0.2, 0.25) is 5.95 Å². The van der Waals surface area contributed by atoms with Gasteiger partial charge in [-0.2, -0.15) is 9.67 Å². The summed E-state index contributed by atoms with van der Waals surface area (Å²) in [7, 11) is 0. The third-order valence-corrected chi connectivity index (χ3v) is 6.84. The SMILES string of the molecule is Cc1nnnn1-c1cc(Nc2ncc(Cl)c(NC[C@@H]3CCCN4CCCC[C@H]34)n2)ccc1F. The number of nitrogens with one attached hydrogen (secondary N) is 2. The largest absolute Gasteiger partial charge is 0.368 e. The minimum atomic E-state index is -0.431. The van der Waals surface area contributed by atoms with Crippen LogP contribution in [0.4, 0.5) is 21.8 Å². The van der Waals surface area contributed by atoms with Crippen molar-refractivity contribution in [3.05, 3.63) is 41.1 Å². The van der Waals surface area contributed by atoms with Gasteiger partial charge in [-0.1, -0.05) is 18.0 Å². The lowest BCUT2D eigenvalue weighted by Gasteiger charge is -2.44. The summed E-state index contributed by atoms with van der Waals surface area (Å²) in [5.74, 6) is 1.61. The lowest BCUT2D eigenvalue weighted by molar-refractivity contribution is 0.0649. The first-order valence-electron chi connectivity index (χ1n) is 11.4. The zero-order chi connectivity index (χ0) is 22.8. The van der Waals surface area contributed by atoms with Gasteiger partial charge in [-0.3, -0.25) is 0 Å². The Bertz CT molecular complexity index is 1120. The molecule has 2 aromatic heterocycles. The molecule has 5 rings (SSSR count). The van der Waals surface area contributed by atoms with E-state index in [0.29, 0.717) is 40.3 Å². The second-order valence-corrected chi connectivity index (χ2v) is 9.11. The number of piperidine rings is 2. The Morgan fingerprint density at radius 2 is 2.06 bits per heavy atom. The zero-order valence-electron chi connectivity index (χ0n) is 18.5. The van der Waals surface area contributed by atoms with E-state index in [0.717, 1.165) is 6.54 Å². The Labute approximate surface area is 196 Å². The van der Waals surface area contributed by atoms with Gasteiger partial charge in [0.25, 0.3) is 0 Å². The van der Waals surface area contributed by atoms with Crippen LogP contribution in [0.25, 0.3) is 5.69 Å². The van der Waals surface area contributed by atoms with Crippen molar-refractivity contribution < 1.29 is 4.39 Å². The van der Waals surface area contributed by atoms with Crippen LogP contribution in [-0.4, -0.2) is 60.8 Å². The number of fused-ring (bicyclic) bond motifs is 1. The van der Waals surface area contributed by atoms with Gasteiger partial charge < -0.3 is 15.5 Å². The number of anilines is 3. The fraction of sp³-hybridized carbons (Fsp3) is 0.500. The number of benzene rings is 1. The number of aryl methyl sites for hydroxylation is 1. The molecule has 2 saturated heterocycles. The van der Waals surface area contributed by atoms with Gasteiger partial charge in [0.05, 0.1) is 6.20 Å². The summed E-state index contributed by atoms with van der Waals surface area (Å²) >= 11 is 6.38.